The van der Waals surface area contributed by atoms with Crippen LogP contribution in [0.2, 0.25) is 0 Å². The molecule has 0 spiro atoms. The van der Waals surface area contributed by atoms with Gasteiger partial charge in [0.2, 0.25) is 0 Å². The third-order valence-corrected chi connectivity index (χ3v) is 14.2. The van der Waals surface area contributed by atoms with E-state index in [4.69, 9.17) is 14.2 Å². The van der Waals surface area contributed by atoms with Crippen molar-refractivity contribution < 1.29 is 28.6 Å². The second kappa shape index (κ2) is 66.6. The first-order chi connectivity index (χ1) is 39.0. The fourth-order valence-electron chi connectivity index (χ4n) is 9.24. The molecule has 0 aliphatic heterocycles. The van der Waals surface area contributed by atoms with Gasteiger partial charge in [0.1, 0.15) is 13.2 Å². The quantitative estimate of drug-likeness (QED) is 0.0261. The van der Waals surface area contributed by atoms with E-state index in [9.17, 15) is 14.4 Å². The van der Waals surface area contributed by atoms with Crippen molar-refractivity contribution in [3.8, 4) is 0 Å². The largest absolute Gasteiger partial charge is 0.462 e. The zero-order chi connectivity index (χ0) is 57.1. The van der Waals surface area contributed by atoms with E-state index < -0.39 is 6.10 Å². The van der Waals surface area contributed by atoms with Crippen LogP contribution in [0, 0.1) is 0 Å². The van der Waals surface area contributed by atoms with E-state index in [1.807, 2.05) is 0 Å². The molecular formula is C73H124O6. The van der Waals surface area contributed by atoms with Crippen molar-refractivity contribution in [2.24, 2.45) is 0 Å². The fraction of sp³-hybridized carbons (Fsp3) is 0.712. The lowest BCUT2D eigenvalue weighted by atomic mass is 10.0. The number of unbranched alkanes of at least 4 members (excludes halogenated alkanes) is 31. The van der Waals surface area contributed by atoms with E-state index in [2.05, 4.69) is 130 Å². The Kier molecular flexibility index (Phi) is 63.3. The second-order valence-electron chi connectivity index (χ2n) is 22.0. The average Bonchev–Trinajstić information content (AvgIpc) is 3.45. The molecule has 0 aliphatic rings. The standard InChI is InChI=1S/C73H124O6/c1-4-7-10-13-16-19-22-25-28-31-33-35-36-38-39-42-45-48-51-54-57-60-63-66-72(75)78-69-70(68-77-71(74)65-62-59-56-53-50-47-44-41-30-27-24-21-18-15-12-9-6-3)79-73(76)67-64-61-58-55-52-49-46-43-40-37-34-32-29-26-23-20-17-14-11-8-5-2/h9,12,18,21-23,25-27,30-34,40,43-44,47,70H,4-8,10-11,13-17,19-20,24,28-29,35-39,41-42,45-46,48-69H2,1-3H3/b12-9-,21-18-,25-22-,26-23-,30-27-,33-31-,34-32-,43-40-,47-44-. The Hall–Kier alpha value is -3.93. The lowest BCUT2D eigenvalue weighted by molar-refractivity contribution is -0.167. The molecule has 0 rings (SSSR count). The number of ether oxygens (including phenoxy) is 3. The van der Waals surface area contributed by atoms with Crippen LogP contribution in [0.5, 0.6) is 0 Å². The molecule has 0 radical (unpaired) electrons. The molecule has 1 atom stereocenters. The Balaban J connectivity index is 4.43. The normalized spacial score (nSPS) is 12.8. The van der Waals surface area contributed by atoms with Crippen molar-refractivity contribution in [1.82, 2.24) is 0 Å². The van der Waals surface area contributed by atoms with Gasteiger partial charge < -0.3 is 14.2 Å². The van der Waals surface area contributed by atoms with E-state index in [0.29, 0.717) is 19.3 Å². The summed E-state index contributed by atoms with van der Waals surface area (Å²) in [4.78, 5) is 38.4. The molecule has 0 amide bonds. The first-order valence-corrected chi connectivity index (χ1v) is 33.4. The maximum Gasteiger partial charge on any atom is 0.306 e. The van der Waals surface area contributed by atoms with Crippen LogP contribution in [-0.2, 0) is 28.6 Å². The first kappa shape index (κ1) is 75.1. The van der Waals surface area contributed by atoms with Crippen molar-refractivity contribution in [3.63, 3.8) is 0 Å². The molecule has 0 aromatic heterocycles. The van der Waals surface area contributed by atoms with E-state index in [1.54, 1.807) is 0 Å². The molecule has 0 heterocycles. The van der Waals surface area contributed by atoms with Crippen molar-refractivity contribution in [1.29, 1.82) is 0 Å². The van der Waals surface area contributed by atoms with Crippen molar-refractivity contribution in [3.05, 3.63) is 109 Å². The maximum absolute atomic E-state index is 12.9. The minimum Gasteiger partial charge on any atom is -0.462 e. The van der Waals surface area contributed by atoms with Gasteiger partial charge in [0.05, 0.1) is 0 Å². The summed E-state index contributed by atoms with van der Waals surface area (Å²) in [6, 6.07) is 0. The summed E-state index contributed by atoms with van der Waals surface area (Å²) in [7, 11) is 0. The third-order valence-electron chi connectivity index (χ3n) is 14.2. The van der Waals surface area contributed by atoms with Crippen molar-refractivity contribution in [2.45, 2.75) is 322 Å². The van der Waals surface area contributed by atoms with E-state index >= 15 is 0 Å². The number of hydrogen-bond acceptors (Lipinski definition) is 6. The molecule has 0 fully saturated rings. The minimum absolute atomic E-state index is 0.0931. The molecule has 0 aromatic rings. The van der Waals surface area contributed by atoms with Crippen molar-refractivity contribution in [2.75, 3.05) is 13.2 Å². The topological polar surface area (TPSA) is 78.9 Å². The molecule has 6 nitrogen and oxygen atoms in total. The van der Waals surface area contributed by atoms with Crippen LogP contribution in [0.15, 0.2) is 109 Å². The summed E-state index contributed by atoms with van der Waals surface area (Å²) in [5.74, 6) is -0.923. The molecule has 1 unspecified atom stereocenters. The maximum atomic E-state index is 12.9. The number of hydrogen-bond donors (Lipinski definition) is 0. The van der Waals surface area contributed by atoms with Gasteiger partial charge in [0.25, 0.3) is 0 Å². The number of allylic oxidation sites excluding steroid dienone is 18. The Labute approximate surface area is 489 Å². The summed E-state index contributed by atoms with van der Waals surface area (Å²) < 4.78 is 16.9. The Morgan fingerprint density at radius 2 is 0.494 bits per heavy atom. The first-order valence-electron chi connectivity index (χ1n) is 33.4. The summed E-state index contributed by atoms with van der Waals surface area (Å²) >= 11 is 0. The van der Waals surface area contributed by atoms with Gasteiger partial charge in [-0.1, -0.05) is 278 Å². The van der Waals surface area contributed by atoms with Gasteiger partial charge in [0, 0.05) is 19.3 Å². The summed E-state index contributed by atoms with van der Waals surface area (Å²) in [5, 5.41) is 0. The number of carbonyl (C=O) groups is 3. The average molecular weight is 1100 g/mol. The highest BCUT2D eigenvalue weighted by molar-refractivity contribution is 5.71. The highest BCUT2D eigenvalue weighted by Crippen LogP contribution is 2.16. The molecule has 0 saturated carbocycles. The van der Waals surface area contributed by atoms with Gasteiger partial charge in [-0.3, -0.25) is 14.4 Å². The molecule has 79 heavy (non-hydrogen) atoms. The van der Waals surface area contributed by atoms with Crippen molar-refractivity contribution >= 4 is 17.9 Å². The van der Waals surface area contributed by atoms with Gasteiger partial charge in [-0.25, -0.2) is 0 Å². The second-order valence-corrected chi connectivity index (χ2v) is 22.0. The highest BCUT2D eigenvalue weighted by Gasteiger charge is 2.19. The van der Waals surface area contributed by atoms with Gasteiger partial charge in [0.15, 0.2) is 6.10 Å². The summed E-state index contributed by atoms with van der Waals surface area (Å²) in [5.41, 5.74) is 0. The molecular weight excluding hydrogens is 973 g/mol. The third kappa shape index (κ3) is 64.8. The van der Waals surface area contributed by atoms with Crippen LogP contribution in [0.25, 0.3) is 0 Å². The molecule has 0 saturated heterocycles. The molecule has 0 aliphatic carbocycles. The van der Waals surface area contributed by atoms with Gasteiger partial charge in [-0.2, -0.15) is 0 Å². The van der Waals surface area contributed by atoms with E-state index in [-0.39, 0.29) is 31.1 Å². The van der Waals surface area contributed by atoms with Crippen LogP contribution >= 0.6 is 0 Å². The molecule has 6 heteroatoms. The number of carbonyl (C=O) groups excluding carboxylic acids is 3. The molecule has 0 aromatic carbocycles. The van der Waals surface area contributed by atoms with Crippen LogP contribution in [0.1, 0.15) is 316 Å². The fourth-order valence-corrected chi connectivity index (χ4v) is 9.24. The van der Waals surface area contributed by atoms with Crippen LogP contribution in [-0.4, -0.2) is 37.2 Å². The predicted octanol–water partition coefficient (Wildman–Crippen LogP) is 23.0. The monoisotopic (exact) mass is 1100 g/mol. The lowest BCUT2D eigenvalue weighted by Gasteiger charge is -2.18. The van der Waals surface area contributed by atoms with Crippen LogP contribution in [0.3, 0.4) is 0 Å². The Morgan fingerprint density at radius 1 is 0.266 bits per heavy atom. The zero-order valence-electron chi connectivity index (χ0n) is 51.9. The molecule has 0 N–H and O–H groups in total. The lowest BCUT2D eigenvalue weighted by Crippen LogP contribution is -2.30. The van der Waals surface area contributed by atoms with Gasteiger partial charge >= 0.3 is 17.9 Å². The zero-order valence-corrected chi connectivity index (χ0v) is 51.9. The smallest absolute Gasteiger partial charge is 0.306 e. The van der Waals surface area contributed by atoms with E-state index in [0.717, 1.165) is 128 Å². The van der Waals surface area contributed by atoms with E-state index in [1.165, 1.54) is 148 Å². The molecule has 0 bridgehead atoms. The number of rotatable bonds is 60. The van der Waals surface area contributed by atoms with Crippen LogP contribution in [0.4, 0.5) is 0 Å². The van der Waals surface area contributed by atoms with Gasteiger partial charge in [-0.15, -0.1) is 0 Å². The number of esters is 3. The summed E-state index contributed by atoms with van der Waals surface area (Å²) in [6.07, 6.45) is 90.9. The SMILES string of the molecule is CC/C=C\C/C=C\C/C=C\C/C=C\CCCCCCC(=O)OCC(COC(=O)CCCCCCCCCCCCC/C=C\C/C=C\CCCCCCC)OC(=O)CCCCCCCC/C=C\C/C=C\C/C=C\CCCCCCC. The van der Waals surface area contributed by atoms with Crippen LogP contribution < -0.4 is 0 Å². The summed E-state index contributed by atoms with van der Waals surface area (Å²) in [6.45, 7) is 6.50. The predicted molar refractivity (Wildman–Crippen MR) is 343 cm³/mol. The molecule has 452 valence electrons. The Morgan fingerprint density at radius 3 is 0.772 bits per heavy atom. The highest BCUT2D eigenvalue weighted by atomic mass is 16.6. The minimum atomic E-state index is -0.800. The van der Waals surface area contributed by atoms with Gasteiger partial charge in [-0.05, 0) is 128 Å². The Bertz CT molecular complexity index is 1590.